The molecule has 1 atom stereocenters. The third kappa shape index (κ3) is 2.54. The highest BCUT2D eigenvalue weighted by molar-refractivity contribution is 6.36. The number of rotatable bonds is 1. The Morgan fingerprint density at radius 3 is 2.83 bits per heavy atom. The number of amides is 1. The maximum atomic E-state index is 12.2. The SMILES string of the molecule is O=C1N[C@@H](C2=Cc3cc(Cl)cc(Cl)c3OC2)Nc2ccccc21. The second-order valence-electron chi connectivity index (χ2n) is 5.41. The van der Waals surface area contributed by atoms with Gasteiger partial charge in [0.15, 0.2) is 0 Å². The lowest BCUT2D eigenvalue weighted by molar-refractivity contribution is 0.0940. The van der Waals surface area contributed by atoms with Gasteiger partial charge in [0.2, 0.25) is 0 Å². The number of carbonyl (C=O) groups is 1. The summed E-state index contributed by atoms with van der Waals surface area (Å²) in [5.41, 5.74) is 3.14. The Balaban J connectivity index is 1.70. The molecule has 4 rings (SSSR count). The molecule has 4 nitrogen and oxygen atoms in total. The molecule has 0 saturated heterocycles. The van der Waals surface area contributed by atoms with Crippen molar-refractivity contribution >= 4 is 40.9 Å². The summed E-state index contributed by atoms with van der Waals surface area (Å²) in [4.78, 5) is 12.2. The molecule has 2 N–H and O–H groups in total. The van der Waals surface area contributed by atoms with Crippen molar-refractivity contribution in [3.05, 3.63) is 63.1 Å². The number of fused-ring (bicyclic) bond motifs is 2. The van der Waals surface area contributed by atoms with Crippen LogP contribution in [0.5, 0.6) is 5.75 Å². The van der Waals surface area contributed by atoms with Gasteiger partial charge in [0, 0.05) is 21.8 Å². The Hall–Kier alpha value is -2.17. The summed E-state index contributed by atoms with van der Waals surface area (Å²) in [6.45, 7) is 0.342. The molecule has 2 heterocycles. The summed E-state index contributed by atoms with van der Waals surface area (Å²) in [6, 6.07) is 10.8. The van der Waals surface area contributed by atoms with E-state index in [1.807, 2.05) is 24.3 Å². The summed E-state index contributed by atoms with van der Waals surface area (Å²) in [5, 5.41) is 7.27. The van der Waals surface area contributed by atoms with Crippen LogP contribution in [0.3, 0.4) is 0 Å². The van der Waals surface area contributed by atoms with E-state index in [2.05, 4.69) is 10.6 Å². The van der Waals surface area contributed by atoms with Gasteiger partial charge in [-0.25, -0.2) is 0 Å². The molecule has 0 bridgehead atoms. The molecule has 2 aliphatic rings. The normalized spacial score (nSPS) is 18.8. The van der Waals surface area contributed by atoms with Crippen LogP contribution in [0.15, 0.2) is 42.0 Å². The number of hydrogen-bond acceptors (Lipinski definition) is 3. The Bertz CT molecular complexity index is 848. The van der Waals surface area contributed by atoms with Gasteiger partial charge in [-0.15, -0.1) is 0 Å². The lowest BCUT2D eigenvalue weighted by Gasteiger charge is -2.31. The van der Waals surface area contributed by atoms with Crippen molar-refractivity contribution in [2.24, 2.45) is 0 Å². The Labute approximate surface area is 143 Å². The minimum absolute atomic E-state index is 0.111. The van der Waals surface area contributed by atoms with Gasteiger partial charge in [0.05, 0.1) is 10.6 Å². The quantitative estimate of drug-likeness (QED) is 0.821. The van der Waals surface area contributed by atoms with E-state index in [0.717, 1.165) is 16.8 Å². The van der Waals surface area contributed by atoms with E-state index in [1.54, 1.807) is 18.2 Å². The number of para-hydroxylation sites is 1. The van der Waals surface area contributed by atoms with Crippen molar-refractivity contribution in [2.45, 2.75) is 6.17 Å². The summed E-state index contributed by atoms with van der Waals surface area (Å²) in [5.74, 6) is 0.502. The van der Waals surface area contributed by atoms with Crippen LogP contribution < -0.4 is 15.4 Å². The monoisotopic (exact) mass is 346 g/mol. The minimum atomic E-state index is -0.330. The zero-order valence-electron chi connectivity index (χ0n) is 11.9. The van der Waals surface area contributed by atoms with Crippen LogP contribution in [0.25, 0.3) is 6.08 Å². The number of halogens is 2. The van der Waals surface area contributed by atoms with Crippen LogP contribution in [-0.2, 0) is 0 Å². The molecular formula is C17H12Cl2N2O2. The summed E-state index contributed by atoms with van der Waals surface area (Å²) in [7, 11) is 0. The largest absolute Gasteiger partial charge is 0.487 e. The third-order valence-electron chi connectivity index (χ3n) is 3.88. The average molecular weight is 347 g/mol. The zero-order valence-corrected chi connectivity index (χ0v) is 13.4. The Morgan fingerprint density at radius 1 is 1.13 bits per heavy atom. The third-order valence-corrected chi connectivity index (χ3v) is 4.38. The Kier molecular flexibility index (Phi) is 3.43. The second-order valence-corrected chi connectivity index (χ2v) is 6.25. The number of carbonyl (C=O) groups excluding carboxylic acids is 1. The molecule has 2 aromatic carbocycles. The van der Waals surface area contributed by atoms with Gasteiger partial charge in [-0.05, 0) is 30.3 Å². The molecule has 2 aliphatic heterocycles. The van der Waals surface area contributed by atoms with Gasteiger partial charge in [-0.3, -0.25) is 4.79 Å². The summed E-state index contributed by atoms with van der Waals surface area (Å²) < 4.78 is 5.75. The maximum Gasteiger partial charge on any atom is 0.255 e. The van der Waals surface area contributed by atoms with Crippen molar-refractivity contribution in [1.29, 1.82) is 0 Å². The van der Waals surface area contributed by atoms with Crippen molar-refractivity contribution in [3.63, 3.8) is 0 Å². The van der Waals surface area contributed by atoms with E-state index in [0.29, 0.717) is 28.0 Å². The van der Waals surface area contributed by atoms with E-state index >= 15 is 0 Å². The fourth-order valence-electron chi connectivity index (χ4n) is 2.80. The van der Waals surface area contributed by atoms with Crippen molar-refractivity contribution < 1.29 is 9.53 Å². The van der Waals surface area contributed by atoms with Crippen molar-refractivity contribution in [2.75, 3.05) is 11.9 Å². The molecule has 6 heteroatoms. The van der Waals surface area contributed by atoms with E-state index in [-0.39, 0.29) is 12.1 Å². The molecule has 0 aliphatic carbocycles. The smallest absolute Gasteiger partial charge is 0.255 e. The van der Waals surface area contributed by atoms with Gasteiger partial charge in [-0.1, -0.05) is 35.3 Å². The number of anilines is 1. The second kappa shape index (κ2) is 5.48. The molecule has 1 amide bonds. The summed E-state index contributed by atoms with van der Waals surface area (Å²) in [6.07, 6.45) is 1.62. The number of nitrogens with one attached hydrogen (secondary N) is 2. The van der Waals surface area contributed by atoms with Gasteiger partial charge >= 0.3 is 0 Å². The first-order chi connectivity index (χ1) is 11.1. The van der Waals surface area contributed by atoms with Crippen LogP contribution in [0.1, 0.15) is 15.9 Å². The molecule has 0 spiro atoms. The number of ether oxygens (including phenoxy) is 1. The van der Waals surface area contributed by atoms with Gasteiger partial charge in [-0.2, -0.15) is 0 Å². The average Bonchev–Trinajstić information content (AvgIpc) is 2.54. The molecule has 0 saturated carbocycles. The molecule has 0 fully saturated rings. The number of hydrogen-bond donors (Lipinski definition) is 2. The Morgan fingerprint density at radius 2 is 1.96 bits per heavy atom. The first-order valence-corrected chi connectivity index (χ1v) is 7.86. The first-order valence-electron chi connectivity index (χ1n) is 7.10. The summed E-state index contributed by atoms with van der Waals surface area (Å²) >= 11 is 12.2. The van der Waals surface area contributed by atoms with Crippen LogP contribution in [-0.4, -0.2) is 18.7 Å². The van der Waals surface area contributed by atoms with Crippen LogP contribution in [0, 0.1) is 0 Å². The van der Waals surface area contributed by atoms with Crippen molar-refractivity contribution in [3.8, 4) is 5.75 Å². The van der Waals surface area contributed by atoms with Crippen LogP contribution in [0.2, 0.25) is 10.0 Å². The highest BCUT2D eigenvalue weighted by Gasteiger charge is 2.28. The predicted octanol–water partition coefficient (Wildman–Crippen LogP) is 3.95. The van der Waals surface area contributed by atoms with Crippen LogP contribution >= 0.6 is 23.2 Å². The maximum absolute atomic E-state index is 12.2. The highest BCUT2D eigenvalue weighted by Crippen LogP contribution is 2.37. The fraction of sp³-hybridized carbons (Fsp3) is 0.118. The van der Waals surface area contributed by atoms with E-state index in [9.17, 15) is 4.79 Å². The lowest BCUT2D eigenvalue weighted by Crippen LogP contribution is -2.47. The molecule has 0 aromatic heterocycles. The minimum Gasteiger partial charge on any atom is -0.487 e. The highest BCUT2D eigenvalue weighted by atomic mass is 35.5. The lowest BCUT2D eigenvalue weighted by atomic mass is 10.0. The predicted molar refractivity (Wildman–Crippen MR) is 91.3 cm³/mol. The molecule has 0 radical (unpaired) electrons. The van der Waals surface area contributed by atoms with Crippen LogP contribution in [0.4, 0.5) is 5.69 Å². The first kappa shape index (κ1) is 14.4. The standard InChI is InChI=1S/C17H12Cl2N2O2/c18-11-6-9-5-10(8-23-15(9)13(19)7-11)16-20-14-4-2-1-3-12(14)17(22)21-16/h1-7,16,20H,8H2,(H,21,22)/t16-/m0/s1. The van der Waals surface area contributed by atoms with E-state index in [1.165, 1.54) is 0 Å². The molecule has 23 heavy (non-hydrogen) atoms. The number of benzene rings is 2. The molecule has 0 unspecified atom stereocenters. The molecule has 116 valence electrons. The van der Waals surface area contributed by atoms with E-state index in [4.69, 9.17) is 27.9 Å². The molecular weight excluding hydrogens is 335 g/mol. The van der Waals surface area contributed by atoms with Gasteiger partial charge in [0.25, 0.3) is 5.91 Å². The van der Waals surface area contributed by atoms with Gasteiger partial charge in [0.1, 0.15) is 18.5 Å². The zero-order chi connectivity index (χ0) is 16.0. The van der Waals surface area contributed by atoms with Gasteiger partial charge < -0.3 is 15.4 Å². The fourth-order valence-corrected chi connectivity index (χ4v) is 3.36. The molecule has 2 aromatic rings. The topological polar surface area (TPSA) is 50.4 Å². The van der Waals surface area contributed by atoms with Crippen molar-refractivity contribution in [1.82, 2.24) is 5.32 Å². The van der Waals surface area contributed by atoms with E-state index < -0.39 is 0 Å².